The Morgan fingerprint density at radius 1 is 0.378 bits per heavy atom. The van der Waals surface area contributed by atoms with E-state index in [1.807, 2.05) is 0 Å². The van der Waals surface area contributed by atoms with Gasteiger partial charge in [0.2, 0.25) is 0 Å². The van der Waals surface area contributed by atoms with E-state index in [2.05, 4.69) is 0 Å². The average molecular weight is 623 g/mol. The van der Waals surface area contributed by atoms with Gasteiger partial charge in [-0.2, -0.15) is 0 Å². The normalized spacial score (nSPS) is 15.3. The summed E-state index contributed by atoms with van der Waals surface area (Å²) in [4.78, 5) is 0. The molecule has 4 atom stereocenters. The van der Waals surface area contributed by atoms with Gasteiger partial charge in [-0.25, -0.2) is 0 Å². The molecule has 0 amide bonds. The van der Waals surface area contributed by atoms with Gasteiger partial charge in [0.1, 0.15) is 61.1 Å². The molecule has 4 aromatic carbocycles. The molecule has 0 aliphatic rings. The third-order valence-corrected chi connectivity index (χ3v) is 6.46. The van der Waals surface area contributed by atoms with Gasteiger partial charge in [0.25, 0.3) is 12.6 Å². The van der Waals surface area contributed by atoms with Gasteiger partial charge in [-0.3, -0.25) is 0 Å². The Balaban J connectivity index is 1.48. The Morgan fingerprint density at radius 3 is 0.756 bits per heavy atom. The van der Waals surface area contributed by atoms with Crippen LogP contribution in [0.2, 0.25) is 0 Å². The van der Waals surface area contributed by atoms with Gasteiger partial charge in [0.15, 0.2) is 0 Å². The van der Waals surface area contributed by atoms with E-state index >= 15 is 0 Å². The summed E-state index contributed by atoms with van der Waals surface area (Å²) in [5.41, 5.74) is 24.2. The number of aliphatic hydroxyl groups is 4. The minimum Gasteiger partial charge on any atom is -0.452 e. The maximum absolute atomic E-state index is 9.62. The Bertz CT molecular complexity index is 1220. The van der Waals surface area contributed by atoms with Crippen molar-refractivity contribution in [1.82, 2.24) is 0 Å². The van der Waals surface area contributed by atoms with Crippen LogP contribution in [0, 0.1) is 0 Å². The van der Waals surface area contributed by atoms with Crippen molar-refractivity contribution < 1.29 is 44.1 Å². The molecule has 0 radical (unpaired) electrons. The van der Waals surface area contributed by atoms with E-state index in [0.717, 1.165) is 0 Å². The highest BCUT2D eigenvalue weighted by Crippen LogP contribution is 2.23. The molecule has 4 rings (SSSR count). The lowest BCUT2D eigenvalue weighted by molar-refractivity contribution is -0.105. The monoisotopic (exact) mass is 622 g/mol. The molecule has 0 saturated carbocycles. The molecule has 13 nitrogen and oxygen atoms in total. The summed E-state index contributed by atoms with van der Waals surface area (Å²) in [6.07, 6.45) is -6.43. The molecule has 12 N–H and O–H groups in total. The molecule has 0 heterocycles. The van der Waals surface area contributed by atoms with Crippen LogP contribution < -0.4 is 41.9 Å². The van der Waals surface area contributed by atoms with Crippen molar-refractivity contribution in [3.05, 3.63) is 119 Å². The van der Waals surface area contributed by atoms with Crippen LogP contribution in [-0.4, -0.2) is 46.2 Å². The van der Waals surface area contributed by atoms with Crippen LogP contribution in [0.4, 0.5) is 0 Å². The molecule has 240 valence electrons. The maximum atomic E-state index is 9.62. The summed E-state index contributed by atoms with van der Waals surface area (Å²) >= 11 is 0. The fourth-order valence-corrected chi connectivity index (χ4v) is 4.03. The zero-order chi connectivity index (χ0) is 32.3. The zero-order valence-corrected chi connectivity index (χ0v) is 24.3. The van der Waals surface area contributed by atoms with Gasteiger partial charge in [-0.05, 0) is 70.8 Å². The van der Waals surface area contributed by atoms with Crippen LogP contribution in [0.15, 0.2) is 97.1 Å². The molecule has 45 heavy (non-hydrogen) atoms. The quantitative estimate of drug-likeness (QED) is 0.0834. The van der Waals surface area contributed by atoms with Crippen molar-refractivity contribution in [1.29, 1.82) is 0 Å². The van der Waals surface area contributed by atoms with Crippen LogP contribution in [0.5, 0.6) is 23.0 Å². The molecule has 4 unspecified atom stereocenters. The highest BCUT2D eigenvalue weighted by molar-refractivity contribution is 5.31. The Morgan fingerprint density at radius 2 is 0.578 bits per heavy atom. The van der Waals surface area contributed by atoms with Crippen LogP contribution in [-0.2, 0) is 4.74 Å². The van der Waals surface area contributed by atoms with Gasteiger partial charge in [0.05, 0.1) is 0 Å². The Kier molecular flexibility index (Phi) is 12.1. The van der Waals surface area contributed by atoms with Crippen LogP contribution >= 0.6 is 0 Å². The van der Waals surface area contributed by atoms with E-state index in [9.17, 15) is 20.4 Å². The topological polar surface area (TPSA) is 231 Å². The summed E-state index contributed by atoms with van der Waals surface area (Å²) in [5.74, 6) is 1.71. The van der Waals surface area contributed by atoms with E-state index in [0.29, 0.717) is 45.3 Å². The fourth-order valence-electron chi connectivity index (χ4n) is 4.03. The SMILES string of the molecule is NC(O)c1ccc(OC(COCC(Oc2ccc(C(N)O)cc2)Oc2ccc(C(N)O)cc2)Oc2ccc(C(N)O)cc2)cc1. The number of nitrogens with two attached hydrogens (primary N) is 4. The summed E-state index contributed by atoms with van der Waals surface area (Å²) in [6.45, 7) is -0.162. The van der Waals surface area contributed by atoms with E-state index in [1.54, 1.807) is 97.1 Å². The third kappa shape index (κ3) is 10.4. The molecule has 0 fully saturated rings. The van der Waals surface area contributed by atoms with Crippen molar-refractivity contribution in [2.75, 3.05) is 13.2 Å². The number of aliphatic hydroxyl groups excluding tert-OH is 4. The molecular formula is C32H38N4O9. The zero-order valence-electron chi connectivity index (χ0n) is 24.3. The molecule has 0 spiro atoms. The van der Waals surface area contributed by atoms with Crippen molar-refractivity contribution in [3.8, 4) is 23.0 Å². The third-order valence-electron chi connectivity index (χ3n) is 6.46. The standard InChI is InChI=1S/C32H38N4O9/c33-29(37)19-1-9-23(10-2-19)42-27(43-24-11-3-20(4-12-24)30(34)38)17-41-18-28(44-25-13-5-21(6-14-25)31(35)39)45-26-15-7-22(8-16-26)32(36)40/h1-16,27-32,37-40H,17-18,33-36H2. The summed E-state index contributed by atoms with van der Waals surface area (Å²) in [5, 5.41) is 38.5. The van der Waals surface area contributed by atoms with Gasteiger partial charge < -0.3 is 67.0 Å². The largest absolute Gasteiger partial charge is 0.452 e. The first-order valence-electron chi connectivity index (χ1n) is 14.0. The number of benzene rings is 4. The van der Waals surface area contributed by atoms with Crippen LogP contribution in [0.25, 0.3) is 0 Å². The summed E-state index contributed by atoms with van der Waals surface area (Å²) in [6, 6.07) is 26.0. The highest BCUT2D eigenvalue weighted by Gasteiger charge is 2.19. The first kappa shape index (κ1) is 33.6. The smallest absolute Gasteiger partial charge is 0.264 e. The summed E-state index contributed by atoms with van der Waals surface area (Å²) in [7, 11) is 0. The van der Waals surface area contributed by atoms with Gasteiger partial charge in [-0.15, -0.1) is 0 Å². The van der Waals surface area contributed by atoms with E-state index in [4.69, 9.17) is 46.6 Å². The highest BCUT2D eigenvalue weighted by atomic mass is 16.7. The summed E-state index contributed by atoms with van der Waals surface area (Å²) < 4.78 is 30.1. The van der Waals surface area contributed by atoms with Crippen molar-refractivity contribution in [3.63, 3.8) is 0 Å². The van der Waals surface area contributed by atoms with Gasteiger partial charge >= 0.3 is 0 Å². The van der Waals surface area contributed by atoms with Crippen LogP contribution in [0.3, 0.4) is 0 Å². The Labute approximate surface area is 260 Å². The van der Waals surface area contributed by atoms with Gasteiger partial charge in [0, 0.05) is 0 Å². The lowest BCUT2D eigenvalue weighted by atomic mass is 10.2. The number of hydrogen-bond donors (Lipinski definition) is 8. The number of ether oxygens (including phenoxy) is 5. The van der Waals surface area contributed by atoms with Crippen molar-refractivity contribution in [2.45, 2.75) is 37.5 Å². The van der Waals surface area contributed by atoms with Crippen molar-refractivity contribution in [2.24, 2.45) is 22.9 Å². The minimum atomic E-state index is -1.13. The molecule has 0 aromatic heterocycles. The predicted octanol–water partition coefficient (Wildman–Crippen LogP) is 1.77. The second-order valence-electron chi connectivity index (χ2n) is 9.92. The number of hydrogen-bond acceptors (Lipinski definition) is 13. The number of rotatable bonds is 16. The van der Waals surface area contributed by atoms with Crippen LogP contribution in [0.1, 0.15) is 47.2 Å². The van der Waals surface area contributed by atoms with E-state index < -0.39 is 37.5 Å². The lowest BCUT2D eigenvalue weighted by Gasteiger charge is -2.24. The first-order chi connectivity index (χ1) is 21.6. The first-order valence-corrected chi connectivity index (χ1v) is 14.0. The second-order valence-corrected chi connectivity index (χ2v) is 9.92. The maximum Gasteiger partial charge on any atom is 0.264 e. The molecule has 0 saturated heterocycles. The predicted molar refractivity (Wildman–Crippen MR) is 163 cm³/mol. The fraction of sp³-hybridized carbons (Fsp3) is 0.250. The molecule has 4 aromatic rings. The molecule has 13 heteroatoms. The second kappa shape index (κ2) is 16.2. The molecule has 0 aliphatic heterocycles. The van der Waals surface area contributed by atoms with Gasteiger partial charge in [-0.1, -0.05) is 48.5 Å². The molecular weight excluding hydrogens is 584 g/mol. The Hall–Kier alpha value is -4.28. The average Bonchev–Trinajstić information content (AvgIpc) is 3.02. The van der Waals surface area contributed by atoms with E-state index in [-0.39, 0.29) is 13.2 Å². The van der Waals surface area contributed by atoms with Crippen molar-refractivity contribution >= 4 is 0 Å². The molecule has 0 aliphatic carbocycles. The minimum absolute atomic E-state index is 0.0810. The van der Waals surface area contributed by atoms with E-state index in [1.165, 1.54) is 0 Å². The molecule has 0 bridgehead atoms. The lowest BCUT2D eigenvalue weighted by Crippen LogP contribution is -2.34.